The molecule has 0 spiro atoms. The Kier molecular flexibility index (Phi) is 3.64. The average molecular weight is 276 g/mol. The Morgan fingerprint density at radius 3 is 2.43 bits per heavy atom. The minimum absolute atomic E-state index is 0.213. The van der Waals surface area contributed by atoms with Crippen LogP contribution in [0.25, 0.3) is 11.3 Å². The van der Waals surface area contributed by atoms with Crippen LogP contribution < -0.4 is 5.32 Å². The fraction of sp³-hybridized carbons (Fsp3) is 0. The van der Waals surface area contributed by atoms with Crippen molar-refractivity contribution in [3.63, 3.8) is 0 Å². The van der Waals surface area contributed by atoms with Crippen LogP contribution >= 0.6 is 0 Å². The zero-order valence-corrected chi connectivity index (χ0v) is 11.1. The number of nitrogens with zero attached hydrogens (tertiary/aromatic N) is 3. The van der Waals surface area contributed by atoms with Crippen molar-refractivity contribution in [1.29, 1.82) is 0 Å². The van der Waals surface area contributed by atoms with Crippen molar-refractivity contribution in [2.24, 2.45) is 0 Å². The summed E-state index contributed by atoms with van der Waals surface area (Å²) in [5.41, 5.74) is 2.29. The molecule has 3 aromatic heterocycles. The lowest BCUT2D eigenvalue weighted by molar-refractivity contribution is 0.102. The van der Waals surface area contributed by atoms with Crippen LogP contribution in [-0.2, 0) is 0 Å². The van der Waals surface area contributed by atoms with Gasteiger partial charge in [-0.25, -0.2) is 4.98 Å². The normalized spacial score (nSPS) is 10.1. The molecule has 0 fully saturated rings. The summed E-state index contributed by atoms with van der Waals surface area (Å²) >= 11 is 0. The number of hydrogen-bond acceptors (Lipinski definition) is 4. The summed E-state index contributed by atoms with van der Waals surface area (Å²) in [5, 5.41) is 2.74. The summed E-state index contributed by atoms with van der Waals surface area (Å²) in [6.45, 7) is 0. The van der Waals surface area contributed by atoms with Crippen molar-refractivity contribution in [1.82, 2.24) is 15.0 Å². The fourth-order valence-electron chi connectivity index (χ4n) is 1.84. The second-order valence-electron chi connectivity index (χ2n) is 4.34. The van der Waals surface area contributed by atoms with E-state index < -0.39 is 0 Å². The Morgan fingerprint density at radius 2 is 1.76 bits per heavy atom. The van der Waals surface area contributed by atoms with Crippen molar-refractivity contribution < 1.29 is 4.79 Å². The molecular formula is C16H12N4O. The summed E-state index contributed by atoms with van der Waals surface area (Å²) in [6, 6.07) is 12.6. The van der Waals surface area contributed by atoms with E-state index in [-0.39, 0.29) is 5.91 Å². The SMILES string of the molecule is O=C(Nc1ccc(-c2ccccn2)cn1)c1ccncc1. The van der Waals surface area contributed by atoms with Gasteiger partial charge in [-0.05, 0) is 36.4 Å². The molecule has 102 valence electrons. The first-order valence-corrected chi connectivity index (χ1v) is 6.42. The van der Waals surface area contributed by atoms with Crippen LogP contribution in [0.1, 0.15) is 10.4 Å². The molecule has 0 atom stereocenters. The fourth-order valence-corrected chi connectivity index (χ4v) is 1.84. The largest absolute Gasteiger partial charge is 0.307 e. The highest BCUT2D eigenvalue weighted by molar-refractivity contribution is 6.03. The summed E-state index contributed by atoms with van der Waals surface area (Å²) in [4.78, 5) is 24.3. The van der Waals surface area contributed by atoms with E-state index in [1.54, 1.807) is 43.0 Å². The van der Waals surface area contributed by atoms with E-state index in [1.165, 1.54) is 0 Å². The van der Waals surface area contributed by atoms with Crippen LogP contribution in [0.2, 0.25) is 0 Å². The summed E-state index contributed by atoms with van der Waals surface area (Å²) in [5.74, 6) is 0.284. The Morgan fingerprint density at radius 1 is 0.905 bits per heavy atom. The second kappa shape index (κ2) is 5.92. The first-order valence-electron chi connectivity index (χ1n) is 6.42. The molecular weight excluding hydrogens is 264 g/mol. The van der Waals surface area contributed by atoms with Gasteiger partial charge in [0.2, 0.25) is 0 Å². The van der Waals surface area contributed by atoms with E-state index in [0.29, 0.717) is 11.4 Å². The monoisotopic (exact) mass is 276 g/mol. The van der Waals surface area contributed by atoms with Crippen molar-refractivity contribution in [3.05, 3.63) is 72.8 Å². The number of hydrogen-bond donors (Lipinski definition) is 1. The average Bonchev–Trinajstić information content (AvgIpc) is 2.57. The van der Waals surface area contributed by atoms with Crippen molar-refractivity contribution in [2.75, 3.05) is 5.32 Å². The highest BCUT2D eigenvalue weighted by Gasteiger charge is 2.06. The maximum atomic E-state index is 12.0. The quantitative estimate of drug-likeness (QED) is 0.798. The van der Waals surface area contributed by atoms with Crippen LogP contribution in [0.3, 0.4) is 0 Å². The Bertz CT molecular complexity index is 727. The lowest BCUT2D eigenvalue weighted by Gasteiger charge is -2.05. The maximum absolute atomic E-state index is 12.0. The molecule has 3 rings (SSSR count). The molecule has 1 N–H and O–H groups in total. The Balaban J connectivity index is 1.75. The van der Waals surface area contributed by atoms with Crippen LogP contribution in [0.15, 0.2) is 67.3 Å². The van der Waals surface area contributed by atoms with Crippen molar-refractivity contribution in [3.8, 4) is 11.3 Å². The molecule has 0 aliphatic carbocycles. The third kappa shape index (κ3) is 3.09. The number of pyridine rings is 3. The van der Waals surface area contributed by atoms with E-state index >= 15 is 0 Å². The van der Waals surface area contributed by atoms with Crippen LogP contribution in [0.5, 0.6) is 0 Å². The van der Waals surface area contributed by atoms with Gasteiger partial charge in [0.05, 0.1) is 5.69 Å². The minimum Gasteiger partial charge on any atom is -0.307 e. The van der Waals surface area contributed by atoms with Gasteiger partial charge in [-0.1, -0.05) is 6.07 Å². The minimum atomic E-state index is -0.213. The third-order valence-electron chi connectivity index (χ3n) is 2.91. The molecule has 0 saturated heterocycles. The van der Waals surface area contributed by atoms with Gasteiger partial charge < -0.3 is 5.32 Å². The zero-order chi connectivity index (χ0) is 14.5. The third-order valence-corrected chi connectivity index (χ3v) is 2.91. The predicted molar refractivity (Wildman–Crippen MR) is 79.7 cm³/mol. The molecule has 5 nitrogen and oxygen atoms in total. The highest BCUT2D eigenvalue weighted by atomic mass is 16.1. The molecule has 0 saturated carbocycles. The van der Waals surface area contributed by atoms with Gasteiger partial charge in [-0.15, -0.1) is 0 Å². The molecule has 21 heavy (non-hydrogen) atoms. The standard InChI is InChI=1S/C16H12N4O/c21-16(12-6-9-17-10-7-12)20-15-5-4-13(11-19-15)14-3-1-2-8-18-14/h1-11H,(H,19,20,21). The number of rotatable bonds is 3. The summed E-state index contributed by atoms with van der Waals surface area (Å²) < 4.78 is 0. The molecule has 1 amide bonds. The summed E-state index contributed by atoms with van der Waals surface area (Å²) in [7, 11) is 0. The topological polar surface area (TPSA) is 67.8 Å². The second-order valence-corrected chi connectivity index (χ2v) is 4.34. The molecule has 5 heteroatoms. The van der Waals surface area contributed by atoms with E-state index in [0.717, 1.165) is 11.3 Å². The molecule has 0 aliphatic rings. The number of amides is 1. The molecule has 0 bridgehead atoms. The maximum Gasteiger partial charge on any atom is 0.256 e. The van der Waals surface area contributed by atoms with E-state index in [2.05, 4.69) is 20.3 Å². The molecule has 3 aromatic rings. The first kappa shape index (κ1) is 12.9. The van der Waals surface area contributed by atoms with Gasteiger partial charge in [0.15, 0.2) is 0 Å². The Hall–Kier alpha value is -3.08. The van der Waals surface area contributed by atoms with Crippen molar-refractivity contribution in [2.45, 2.75) is 0 Å². The summed E-state index contributed by atoms with van der Waals surface area (Å²) in [6.07, 6.45) is 6.57. The van der Waals surface area contributed by atoms with Gasteiger partial charge in [0.1, 0.15) is 5.82 Å². The van der Waals surface area contributed by atoms with E-state index in [9.17, 15) is 4.79 Å². The van der Waals surface area contributed by atoms with Crippen LogP contribution in [-0.4, -0.2) is 20.9 Å². The Labute approximate surface area is 121 Å². The first-order chi connectivity index (χ1) is 10.3. The van der Waals surface area contributed by atoms with Crippen LogP contribution in [0.4, 0.5) is 5.82 Å². The van der Waals surface area contributed by atoms with Gasteiger partial charge in [0.25, 0.3) is 5.91 Å². The van der Waals surface area contributed by atoms with Gasteiger partial charge >= 0.3 is 0 Å². The zero-order valence-electron chi connectivity index (χ0n) is 11.1. The molecule has 0 radical (unpaired) electrons. The highest BCUT2D eigenvalue weighted by Crippen LogP contribution is 2.16. The molecule has 0 unspecified atom stereocenters. The predicted octanol–water partition coefficient (Wildman–Crippen LogP) is 2.79. The molecule has 0 aliphatic heterocycles. The van der Waals surface area contributed by atoms with E-state index in [4.69, 9.17) is 0 Å². The molecule has 3 heterocycles. The van der Waals surface area contributed by atoms with E-state index in [1.807, 2.05) is 24.3 Å². The van der Waals surface area contributed by atoms with Crippen molar-refractivity contribution >= 4 is 11.7 Å². The van der Waals surface area contributed by atoms with Crippen LogP contribution in [0, 0.1) is 0 Å². The number of aromatic nitrogens is 3. The molecule has 0 aromatic carbocycles. The lowest BCUT2D eigenvalue weighted by atomic mass is 10.2. The number of anilines is 1. The lowest BCUT2D eigenvalue weighted by Crippen LogP contribution is -2.12. The van der Waals surface area contributed by atoms with Gasteiger partial charge in [0, 0.05) is 35.9 Å². The number of carbonyl (C=O) groups is 1. The number of nitrogens with one attached hydrogen (secondary N) is 1. The number of carbonyl (C=O) groups excluding carboxylic acids is 1. The van der Waals surface area contributed by atoms with Gasteiger partial charge in [-0.3, -0.25) is 14.8 Å². The van der Waals surface area contributed by atoms with Gasteiger partial charge in [-0.2, -0.15) is 0 Å². The smallest absolute Gasteiger partial charge is 0.256 e.